The predicted molar refractivity (Wildman–Crippen MR) is 91.7 cm³/mol. The molecule has 1 unspecified atom stereocenters. The first-order valence-corrected chi connectivity index (χ1v) is 7.83. The fraction of sp³-hybridized carbons (Fsp3) is 0.400. The number of rotatable bonds is 3. The fourth-order valence-electron chi connectivity index (χ4n) is 2.63. The lowest BCUT2D eigenvalue weighted by molar-refractivity contribution is 0.0925. The van der Waals surface area contributed by atoms with Gasteiger partial charge in [0.05, 0.1) is 16.4 Å². The third-order valence-electron chi connectivity index (χ3n) is 3.89. The van der Waals surface area contributed by atoms with Crippen LogP contribution in [0.2, 0.25) is 5.02 Å². The van der Waals surface area contributed by atoms with Crippen LogP contribution in [0.1, 0.15) is 29.0 Å². The highest BCUT2D eigenvalue weighted by Gasteiger charge is 2.21. The summed E-state index contributed by atoms with van der Waals surface area (Å²) in [7, 11) is 0. The zero-order valence-corrected chi connectivity index (χ0v) is 14.6. The van der Waals surface area contributed by atoms with Crippen molar-refractivity contribution >= 4 is 29.9 Å². The van der Waals surface area contributed by atoms with Gasteiger partial charge in [0.2, 0.25) is 0 Å². The molecule has 0 saturated carbocycles. The van der Waals surface area contributed by atoms with Crippen molar-refractivity contribution in [3.8, 4) is 5.69 Å². The Morgan fingerprint density at radius 1 is 1.50 bits per heavy atom. The van der Waals surface area contributed by atoms with E-state index in [0.29, 0.717) is 11.4 Å². The van der Waals surface area contributed by atoms with Crippen LogP contribution in [0.5, 0.6) is 0 Å². The Labute approximate surface area is 150 Å². The summed E-state index contributed by atoms with van der Waals surface area (Å²) in [5.41, 5.74) is 1.39. The quantitative estimate of drug-likeness (QED) is 0.865. The highest BCUT2D eigenvalue weighted by atomic mass is 35.5. The van der Waals surface area contributed by atoms with Gasteiger partial charge in [-0.05, 0) is 44.5 Å². The van der Waals surface area contributed by atoms with Gasteiger partial charge in [-0.2, -0.15) is 0 Å². The van der Waals surface area contributed by atoms with Crippen molar-refractivity contribution in [2.24, 2.45) is 0 Å². The minimum absolute atomic E-state index is 0. The van der Waals surface area contributed by atoms with Crippen LogP contribution >= 0.6 is 24.0 Å². The van der Waals surface area contributed by atoms with Crippen molar-refractivity contribution in [3.05, 3.63) is 40.4 Å². The smallest absolute Gasteiger partial charge is 0.274 e. The molecule has 1 aliphatic rings. The number of amides is 1. The molecule has 2 N–H and O–H groups in total. The van der Waals surface area contributed by atoms with Gasteiger partial charge in [-0.1, -0.05) is 16.8 Å². The Morgan fingerprint density at radius 3 is 2.96 bits per heavy atom. The second kappa shape index (κ2) is 7.92. The van der Waals surface area contributed by atoms with Gasteiger partial charge in [0.1, 0.15) is 5.82 Å². The van der Waals surface area contributed by atoms with Crippen molar-refractivity contribution in [1.29, 1.82) is 0 Å². The molecular formula is C15H18Cl2FN5O. The van der Waals surface area contributed by atoms with E-state index < -0.39 is 5.82 Å². The molecule has 1 aromatic heterocycles. The van der Waals surface area contributed by atoms with Gasteiger partial charge in [-0.15, -0.1) is 17.5 Å². The van der Waals surface area contributed by atoms with Crippen molar-refractivity contribution in [3.63, 3.8) is 0 Å². The number of aromatic nitrogens is 3. The van der Waals surface area contributed by atoms with Crippen LogP contribution in [0.15, 0.2) is 18.2 Å². The Morgan fingerprint density at radius 2 is 2.29 bits per heavy atom. The van der Waals surface area contributed by atoms with Gasteiger partial charge in [-0.25, -0.2) is 9.07 Å². The molecule has 1 amide bonds. The monoisotopic (exact) mass is 373 g/mol. The van der Waals surface area contributed by atoms with Gasteiger partial charge in [0, 0.05) is 12.6 Å². The lowest BCUT2D eigenvalue weighted by atomic mass is 10.1. The molecule has 24 heavy (non-hydrogen) atoms. The molecule has 2 aromatic rings. The summed E-state index contributed by atoms with van der Waals surface area (Å²) >= 11 is 5.79. The van der Waals surface area contributed by atoms with Gasteiger partial charge in [-0.3, -0.25) is 4.79 Å². The first kappa shape index (κ1) is 18.6. The van der Waals surface area contributed by atoms with E-state index in [2.05, 4.69) is 20.9 Å². The van der Waals surface area contributed by atoms with Crippen LogP contribution in [-0.2, 0) is 0 Å². The molecule has 1 fully saturated rings. The normalized spacial score (nSPS) is 17.2. The molecule has 0 spiro atoms. The Kier molecular flexibility index (Phi) is 6.15. The number of hydrogen-bond donors (Lipinski definition) is 2. The van der Waals surface area contributed by atoms with Gasteiger partial charge >= 0.3 is 0 Å². The maximum atomic E-state index is 13.3. The summed E-state index contributed by atoms with van der Waals surface area (Å²) < 4.78 is 14.7. The SMILES string of the molecule is Cc1c(C(=O)NC2CCCNC2)nnn1-c1ccc(F)c(Cl)c1.Cl. The summed E-state index contributed by atoms with van der Waals surface area (Å²) in [6, 6.07) is 4.34. The third kappa shape index (κ3) is 3.85. The number of hydrogen-bond acceptors (Lipinski definition) is 4. The number of carbonyl (C=O) groups is 1. The maximum Gasteiger partial charge on any atom is 0.274 e. The van der Waals surface area contributed by atoms with Crippen LogP contribution in [0.25, 0.3) is 5.69 Å². The maximum absolute atomic E-state index is 13.3. The summed E-state index contributed by atoms with van der Waals surface area (Å²) in [6.07, 6.45) is 1.98. The molecular weight excluding hydrogens is 356 g/mol. The second-order valence-electron chi connectivity index (χ2n) is 5.55. The van der Waals surface area contributed by atoms with Crippen molar-refractivity contribution < 1.29 is 9.18 Å². The van der Waals surface area contributed by atoms with E-state index >= 15 is 0 Å². The van der Waals surface area contributed by atoms with E-state index in [0.717, 1.165) is 25.9 Å². The number of carbonyl (C=O) groups excluding carboxylic acids is 1. The molecule has 1 aromatic carbocycles. The average Bonchev–Trinajstić information content (AvgIpc) is 2.93. The van der Waals surface area contributed by atoms with E-state index in [1.165, 1.54) is 22.9 Å². The van der Waals surface area contributed by atoms with E-state index in [1.54, 1.807) is 6.92 Å². The molecule has 1 aliphatic heterocycles. The first-order valence-electron chi connectivity index (χ1n) is 7.45. The number of benzene rings is 1. The zero-order chi connectivity index (χ0) is 16.4. The molecule has 0 radical (unpaired) electrons. The van der Waals surface area contributed by atoms with E-state index in [1.807, 2.05) is 0 Å². The minimum Gasteiger partial charge on any atom is -0.347 e. The Balaban J connectivity index is 0.00000208. The van der Waals surface area contributed by atoms with Crippen LogP contribution in [0, 0.1) is 12.7 Å². The van der Waals surface area contributed by atoms with Crippen LogP contribution in [-0.4, -0.2) is 40.0 Å². The molecule has 0 bridgehead atoms. The van der Waals surface area contributed by atoms with E-state index in [4.69, 9.17) is 11.6 Å². The lowest BCUT2D eigenvalue weighted by Crippen LogP contribution is -2.45. The first-order chi connectivity index (χ1) is 11.1. The van der Waals surface area contributed by atoms with Crippen molar-refractivity contribution in [1.82, 2.24) is 25.6 Å². The lowest BCUT2D eigenvalue weighted by Gasteiger charge is -2.23. The molecule has 0 aliphatic carbocycles. The number of halogens is 3. The number of piperidine rings is 1. The standard InChI is InChI=1S/C15H17ClFN5O.ClH/c1-9-14(15(23)19-10-3-2-6-18-8-10)20-21-22(9)11-4-5-13(17)12(16)7-11;/h4-5,7,10,18H,2-3,6,8H2,1H3,(H,19,23);1H. The van der Waals surface area contributed by atoms with Crippen molar-refractivity contribution in [2.45, 2.75) is 25.8 Å². The van der Waals surface area contributed by atoms with Gasteiger partial charge < -0.3 is 10.6 Å². The van der Waals surface area contributed by atoms with E-state index in [9.17, 15) is 9.18 Å². The number of nitrogens with zero attached hydrogens (tertiary/aromatic N) is 3. The fourth-order valence-corrected chi connectivity index (χ4v) is 2.80. The molecule has 2 heterocycles. The summed E-state index contributed by atoms with van der Waals surface area (Å²) in [5.74, 6) is -0.758. The van der Waals surface area contributed by atoms with E-state index in [-0.39, 0.29) is 35.1 Å². The Hall–Kier alpha value is -1.70. The minimum atomic E-state index is -0.504. The number of nitrogens with one attached hydrogen (secondary N) is 2. The molecule has 6 nitrogen and oxygen atoms in total. The van der Waals surface area contributed by atoms with Crippen LogP contribution < -0.4 is 10.6 Å². The second-order valence-corrected chi connectivity index (χ2v) is 5.96. The summed E-state index contributed by atoms with van der Waals surface area (Å²) in [4.78, 5) is 12.4. The summed E-state index contributed by atoms with van der Waals surface area (Å²) in [5, 5.41) is 14.1. The molecule has 1 saturated heterocycles. The van der Waals surface area contributed by atoms with Gasteiger partial charge in [0.15, 0.2) is 5.69 Å². The third-order valence-corrected chi connectivity index (χ3v) is 4.18. The predicted octanol–water partition coefficient (Wildman–Crippen LogP) is 2.27. The van der Waals surface area contributed by atoms with Gasteiger partial charge in [0.25, 0.3) is 5.91 Å². The molecule has 130 valence electrons. The highest BCUT2D eigenvalue weighted by molar-refractivity contribution is 6.30. The Bertz CT molecular complexity index is 731. The molecule has 9 heteroatoms. The van der Waals surface area contributed by atoms with Crippen molar-refractivity contribution in [2.75, 3.05) is 13.1 Å². The average molecular weight is 374 g/mol. The highest BCUT2D eigenvalue weighted by Crippen LogP contribution is 2.20. The molecule has 3 rings (SSSR count). The van der Waals surface area contributed by atoms with Crippen LogP contribution in [0.3, 0.4) is 0 Å². The largest absolute Gasteiger partial charge is 0.347 e. The zero-order valence-electron chi connectivity index (χ0n) is 13.1. The summed E-state index contributed by atoms with van der Waals surface area (Å²) in [6.45, 7) is 3.48. The molecule has 1 atom stereocenters. The van der Waals surface area contributed by atoms with Crippen LogP contribution in [0.4, 0.5) is 4.39 Å². The topological polar surface area (TPSA) is 71.8 Å².